The predicted molar refractivity (Wildman–Crippen MR) is 152 cm³/mol. The summed E-state index contributed by atoms with van der Waals surface area (Å²) in [5.74, 6) is 0. The molecule has 1 aliphatic carbocycles. The second kappa shape index (κ2) is 7.54. The average Bonchev–Trinajstić information content (AvgIpc) is 3.11. The highest BCUT2D eigenvalue weighted by Gasteiger charge is 2.36. The Balaban J connectivity index is 1.68. The topological polar surface area (TPSA) is 40.5 Å². The van der Waals surface area contributed by atoms with Gasteiger partial charge in [0.15, 0.2) is 0 Å². The van der Waals surface area contributed by atoms with Crippen molar-refractivity contribution >= 4 is 44.9 Å². The van der Waals surface area contributed by atoms with Crippen LogP contribution in [0.25, 0.3) is 54.6 Å². The van der Waals surface area contributed by atoms with Gasteiger partial charge in [-0.3, -0.25) is 0 Å². The second-order valence-electron chi connectivity index (χ2n) is 10.4. The van der Waals surface area contributed by atoms with Crippen molar-refractivity contribution in [1.82, 2.24) is 0 Å². The van der Waals surface area contributed by atoms with E-state index >= 15 is 0 Å². The summed E-state index contributed by atoms with van der Waals surface area (Å²) in [6, 6.07) is 36.2. The summed E-state index contributed by atoms with van der Waals surface area (Å²) in [4.78, 5) is 0. The van der Waals surface area contributed by atoms with Crippen molar-refractivity contribution < 1.29 is 10.0 Å². The lowest BCUT2D eigenvalue weighted by Crippen LogP contribution is -2.32. The monoisotopic (exact) mass is 464 g/mol. The molecule has 0 fully saturated rings. The summed E-state index contributed by atoms with van der Waals surface area (Å²) in [6.45, 7) is 4.51. The lowest BCUT2D eigenvalue weighted by atomic mass is 9.71. The molecule has 0 aliphatic heterocycles. The van der Waals surface area contributed by atoms with Gasteiger partial charge in [-0.1, -0.05) is 98.8 Å². The smallest absolute Gasteiger partial charge is 0.423 e. The Bertz CT molecular complexity index is 1850. The molecule has 0 saturated carbocycles. The standard InChI is InChI=1S/C33H25BO2/c1-33(2)29-14-8-7-11-23(29)26-18-27-28(19-30(26)33)32(34(35)36)25-13-6-5-12-24(25)31(27)22-16-15-20-9-3-4-10-21(20)17-22/h3-19,35-36H,1-2H3. The zero-order chi connectivity index (χ0) is 24.6. The normalized spacial score (nSPS) is 13.8. The molecule has 1 aliphatic rings. The second-order valence-corrected chi connectivity index (χ2v) is 10.4. The van der Waals surface area contributed by atoms with Crippen molar-refractivity contribution in [2.45, 2.75) is 19.3 Å². The van der Waals surface area contributed by atoms with Crippen LogP contribution >= 0.6 is 0 Å². The van der Waals surface area contributed by atoms with E-state index in [1.54, 1.807) is 0 Å². The van der Waals surface area contributed by atoms with Gasteiger partial charge >= 0.3 is 7.12 Å². The lowest BCUT2D eigenvalue weighted by molar-refractivity contribution is 0.426. The average molecular weight is 464 g/mol. The summed E-state index contributed by atoms with van der Waals surface area (Å²) >= 11 is 0. The molecule has 0 amide bonds. The van der Waals surface area contributed by atoms with Gasteiger partial charge in [-0.15, -0.1) is 0 Å². The molecule has 172 valence electrons. The summed E-state index contributed by atoms with van der Waals surface area (Å²) in [5.41, 5.74) is 7.64. The van der Waals surface area contributed by atoms with Gasteiger partial charge in [0, 0.05) is 5.41 Å². The highest BCUT2D eigenvalue weighted by molar-refractivity contribution is 6.66. The van der Waals surface area contributed by atoms with Crippen molar-refractivity contribution in [2.24, 2.45) is 0 Å². The molecule has 6 aromatic carbocycles. The maximum atomic E-state index is 10.6. The van der Waals surface area contributed by atoms with Crippen molar-refractivity contribution in [3.63, 3.8) is 0 Å². The van der Waals surface area contributed by atoms with Crippen LogP contribution in [-0.2, 0) is 5.41 Å². The summed E-state index contributed by atoms with van der Waals surface area (Å²) in [5, 5.41) is 27.5. The lowest BCUT2D eigenvalue weighted by Gasteiger charge is -2.23. The zero-order valence-corrected chi connectivity index (χ0v) is 20.3. The third-order valence-corrected chi connectivity index (χ3v) is 8.06. The fourth-order valence-corrected chi connectivity index (χ4v) is 6.34. The molecule has 6 aromatic rings. The largest absolute Gasteiger partial charge is 0.489 e. The van der Waals surface area contributed by atoms with Gasteiger partial charge in [-0.25, -0.2) is 0 Å². The number of hydrogen-bond donors (Lipinski definition) is 2. The van der Waals surface area contributed by atoms with Crippen LogP contribution in [0.5, 0.6) is 0 Å². The molecule has 0 radical (unpaired) electrons. The van der Waals surface area contributed by atoms with E-state index in [0.29, 0.717) is 5.46 Å². The van der Waals surface area contributed by atoms with Gasteiger partial charge in [-0.05, 0) is 89.4 Å². The van der Waals surface area contributed by atoms with E-state index in [0.717, 1.165) is 32.7 Å². The molecule has 2 nitrogen and oxygen atoms in total. The number of rotatable bonds is 2. The fourth-order valence-electron chi connectivity index (χ4n) is 6.34. The van der Waals surface area contributed by atoms with Crippen LogP contribution in [0, 0.1) is 0 Å². The minimum atomic E-state index is -1.58. The maximum Gasteiger partial charge on any atom is 0.489 e. The Morgan fingerprint density at radius 3 is 2.06 bits per heavy atom. The van der Waals surface area contributed by atoms with Crippen LogP contribution in [0.3, 0.4) is 0 Å². The van der Waals surface area contributed by atoms with Gasteiger partial charge in [0.05, 0.1) is 0 Å². The van der Waals surface area contributed by atoms with Crippen LogP contribution in [0.15, 0.2) is 103 Å². The third-order valence-electron chi connectivity index (χ3n) is 8.06. The van der Waals surface area contributed by atoms with Crippen molar-refractivity contribution in [3.8, 4) is 22.3 Å². The summed E-state index contributed by atoms with van der Waals surface area (Å²) in [6.07, 6.45) is 0. The first-order valence-electron chi connectivity index (χ1n) is 12.4. The molecule has 0 saturated heterocycles. The van der Waals surface area contributed by atoms with Crippen LogP contribution in [0.1, 0.15) is 25.0 Å². The first-order chi connectivity index (χ1) is 17.4. The van der Waals surface area contributed by atoms with E-state index in [1.165, 1.54) is 33.0 Å². The first kappa shape index (κ1) is 21.4. The van der Waals surface area contributed by atoms with E-state index in [9.17, 15) is 10.0 Å². The molecule has 0 heterocycles. The maximum absolute atomic E-state index is 10.6. The SMILES string of the molecule is CC1(C)c2ccccc2-c2cc3c(-c4ccc5ccccc5c4)c4ccccc4c(B(O)O)c3cc21. The van der Waals surface area contributed by atoms with Crippen molar-refractivity contribution in [1.29, 1.82) is 0 Å². The van der Waals surface area contributed by atoms with Crippen molar-refractivity contribution in [2.75, 3.05) is 0 Å². The Morgan fingerprint density at radius 1 is 0.556 bits per heavy atom. The number of hydrogen-bond acceptors (Lipinski definition) is 2. The predicted octanol–water partition coefficient (Wildman–Crippen LogP) is 6.80. The third kappa shape index (κ3) is 2.88. The minimum Gasteiger partial charge on any atom is -0.423 e. The quantitative estimate of drug-likeness (QED) is 0.219. The van der Waals surface area contributed by atoms with Gasteiger partial charge in [0.25, 0.3) is 0 Å². The van der Waals surface area contributed by atoms with Crippen LogP contribution in [0.4, 0.5) is 0 Å². The van der Waals surface area contributed by atoms with Gasteiger partial charge in [-0.2, -0.15) is 0 Å². The van der Waals surface area contributed by atoms with E-state index < -0.39 is 7.12 Å². The van der Waals surface area contributed by atoms with Gasteiger partial charge in [0.2, 0.25) is 0 Å². The summed E-state index contributed by atoms with van der Waals surface area (Å²) < 4.78 is 0. The van der Waals surface area contributed by atoms with Crippen LogP contribution in [-0.4, -0.2) is 17.2 Å². The van der Waals surface area contributed by atoms with Gasteiger partial charge < -0.3 is 10.0 Å². The molecule has 0 bridgehead atoms. The molecule has 0 unspecified atom stereocenters. The molecule has 0 spiro atoms. The van der Waals surface area contributed by atoms with Crippen LogP contribution < -0.4 is 5.46 Å². The highest BCUT2D eigenvalue weighted by atomic mass is 16.4. The molecule has 0 atom stereocenters. The molecular weight excluding hydrogens is 439 g/mol. The Kier molecular flexibility index (Phi) is 4.48. The fraction of sp³-hybridized carbons (Fsp3) is 0.0909. The van der Waals surface area contributed by atoms with E-state index in [4.69, 9.17) is 0 Å². The Hall–Kier alpha value is -3.92. The summed E-state index contributed by atoms with van der Waals surface area (Å²) in [7, 11) is -1.58. The Morgan fingerprint density at radius 2 is 1.25 bits per heavy atom. The molecular formula is C33H25BO2. The van der Waals surface area contributed by atoms with Gasteiger partial charge in [0.1, 0.15) is 0 Å². The Labute approximate surface area is 210 Å². The minimum absolute atomic E-state index is 0.174. The molecule has 0 aromatic heterocycles. The molecule has 2 N–H and O–H groups in total. The number of fused-ring (bicyclic) bond motifs is 6. The van der Waals surface area contributed by atoms with Crippen LogP contribution in [0.2, 0.25) is 0 Å². The number of benzene rings is 6. The van der Waals surface area contributed by atoms with E-state index in [2.05, 4.69) is 98.8 Å². The molecule has 7 rings (SSSR count). The van der Waals surface area contributed by atoms with E-state index in [1.807, 2.05) is 18.2 Å². The van der Waals surface area contributed by atoms with Crippen molar-refractivity contribution in [3.05, 3.63) is 114 Å². The van der Waals surface area contributed by atoms with E-state index in [-0.39, 0.29) is 5.41 Å². The highest BCUT2D eigenvalue weighted by Crippen LogP contribution is 2.51. The first-order valence-corrected chi connectivity index (χ1v) is 12.4. The molecule has 36 heavy (non-hydrogen) atoms. The zero-order valence-electron chi connectivity index (χ0n) is 20.3. The molecule has 3 heteroatoms.